The Morgan fingerprint density at radius 3 is 2.58 bits per heavy atom. The average molecular weight is 374 g/mol. The van der Waals surface area contributed by atoms with E-state index in [1.807, 2.05) is 24.3 Å². The number of nitrogens with one attached hydrogen (secondary N) is 2. The molecule has 0 atom stereocenters. The van der Waals surface area contributed by atoms with E-state index < -0.39 is 11.8 Å². The predicted octanol–water partition coefficient (Wildman–Crippen LogP) is 2.89. The van der Waals surface area contributed by atoms with E-state index in [0.29, 0.717) is 17.4 Å². The van der Waals surface area contributed by atoms with Crippen LogP contribution in [0.15, 0.2) is 53.6 Å². The molecular weight excluding hydrogens is 354 g/mol. The molecule has 2 aromatic rings. The number of benzene rings is 2. The SMILES string of the molecule is CC(C)NC(=O)C(=O)N/N=C\c1cccc(OCc2ccc(Cl)cc2)c1. The van der Waals surface area contributed by atoms with Gasteiger partial charge >= 0.3 is 11.8 Å². The van der Waals surface area contributed by atoms with Crippen LogP contribution in [0.25, 0.3) is 0 Å². The molecule has 0 aliphatic carbocycles. The minimum absolute atomic E-state index is 0.119. The fourth-order valence-electron chi connectivity index (χ4n) is 1.98. The van der Waals surface area contributed by atoms with E-state index in [4.69, 9.17) is 16.3 Å². The lowest BCUT2D eigenvalue weighted by Crippen LogP contribution is -2.41. The molecule has 136 valence electrons. The van der Waals surface area contributed by atoms with Gasteiger partial charge in [0.25, 0.3) is 0 Å². The van der Waals surface area contributed by atoms with E-state index in [9.17, 15) is 9.59 Å². The molecule has 7 heteroatoms. The summed E-state index contributed by atoms with van der Waals surface area (Å²) >= 11 is 5.85. The summed E-state index contributed by atoms with van der Waals surface area (Å²) in [6, 6.07) is 14.5. The zero-order valence-corrected chi connectivity index (χ0v) is 15.3. The second kappa shape index (κ2) is 9.58. The normalized spacial score (nSPS) is 10.8. The minimum atomic E-state index is -0.815. The zero-order chi connectivity index (χ0) is 18.9. The number of hydrazone groups is 1. The van der Waals surface area contributed by atoms with Crippen LogP contribution in [0.5, 0.6) is 5.75 Å². The van der Waals surface area contributed by atoms with E-state index in [0.717, 1.165) is 11.1 Å². The highest BCUT2D eigenvalue weighted by Crippen LogP contribution is 2.15. The summed E-state index contributed by atoms with van der Waals surface area (Å²) in [7, 11) is 0. The van der Waals surface area contributed by atoms with Gasteiger partial charge in [0, 0.05) is 11.1 Å². The van der Waals surface area contributed by atoms with E-state index >= 15 is 0 Å². The zero-order valence-electron chi connectivity index (χ0n) is 14.5. The van der Waals surface area contributed by atoms with Gasteiger partial charge in [-0.2, -0.15) is 5.10 Å². The molecule has 26 heavy (non-hydrogen) atoms. The number of nitrogens with zero attached hydrogens (tertiary/aromatic N) is 1. The maximum Gasteiger partial charge on any atom is 0.329 e. The number of hydrogen-bond donors (Lipinski definition) is 2. The van der Waals surface area contributed by atoms with Crippen molar-refractivity contribution >= 4 is 29.6 Å². The number of halogens is 1. The Bertz CT molecular complexity index is 789. The molecule has 2 amide bonds. The lowest BCUT2D eigenvalue weighted by atomic mass is 10.2. The molecule has 2 aromatic carbocycles. The van der Waals surface area contributed by atoms with Gasteiger partial charge in [0.1, 0.15) is 12.4 Å². The summed E-state index contributed by atoms with van der Waals surface area (Å²) < 4.78 is 5.73. The first-order valence-corrected chi connectivity index (χ1v) is 8.43. The fraction of sp³-hybridized carbons (Fsp3) is 0.211. The predicted molar refractivity (Wildman–Crippen MR) is 101 cm³/mol. The second-order valence-corrected chi connectivity index (χ2v) is 6.25. The molecule has 2 N–H and O–H groups in total. The number of carbonyl (C=O) groups excluding carboxylic acids is 2. The van der Waals surface area contributed by atoms with Gasteiger partial charge in [0.15, 0.2) is 0 Å². The number of ether oxygens (including phenoxy) is 1. The van der Waals surface area contributed by atoms with Crippen LogP contribution in [-0.4, -0.2) is 24.1 Å². The fourth-order valence-corrected chi connectivity index (χ4v) is 2.10. The van der Waals surface area contributed by atoms with Crippen molar-refractivity contribution in [2.45, 2.75) is 26.5 Å². The van der Waals surface area contributed by atoms with E-state index in [1.165, 1.54) is 6.21 Å². The number of carbonyl (C=O) groups is 2. The van der Waals surface area contributed by atoms with Crippen molar-refractivity contribution in [3.63, 3.8) is 0 Å². The molecule has 0 aromatic heterocycles. The standard InChI is InChI=1S/C19H20ClN3O3/c1-13(2)22-18(24)19(25)23-21-11-15-4-3-5-17(10-15)26-12-14-6-8-16(20)9-7-14/h3-11,13H,12H2,1-2H3,(H,22,24)(H,23,25)/b21-11-. The topological polar surface area (TPSA) is 79.8 Å². The molecule has 0 radical (unpaired) electrons. The van der Waals surface area contributed by atoms with Crippen molar-refractivity contribution < 1.29 is 14.3 Å². The summed E-state index contributed by atoms with van der Waals surface area (Å²) in [5, 5.41) is 6.94. The summed E-state index contributed by atoms with van der Waals surface area (Å²) in [5.41, 5.74) is 3.91. The monoisotopic (exact) mass is 373 g/mol. The van der Waals surface area contributed by atoms with Gasteiger partial charge in [-0.1, -0.05) is 35.9 Å². The molecule has 2 rings (SSSR count). The summed E-state index contributed by atoms with van der Waals surface area (Å²) in [4.78, 5) is 23.0. The van der Waals surface area contributed by atoms with Crippen molar-refractivity contribution in [2.24, 2.45) is 5.10 Å². The summed E-state index contributed by atoms with van der Waals surface area (Å²) in [5.74, 6) is -0.880. The average Bonchev–Trinajstić information content (AvgIpc) is 2.61. The van der Waals surface area contributed by atoms with Gasteiger partial charge in [-0.15, -0.1) is 0 Å². The smallest absolute Gasteiger partial charge is 0.329 e. The van der Waals surface area contributed by atoms with Crippen LogP contribution in [-0.2, 0) is 16.2 Å². The molecular formula is C19H20ClN3O3. The first-order valence-electron chi connectivity index (χ1n) is 8.05. The van der Waals surface area contributed by atoms with Crippen LogP contribution < -0.4 is 15.5 Å². The minimum Gasteiger partial charge on any atom is -0.489 e. The van der Waals surface area contributed by atoms with E-state index in [-0.39, 0.29) is 6.04 Å². The molecule has 0 heterocycles. The van der Waals surface area contributed by atoms with Gasteiger partial charge in [-0.3, -0.25) is 9.59 Å². The molecule has 0 aliphatic rings. The van der Waals surface area contributed by atoms with Crippen LogP contribution in [0.4, 0.5) is 0 Å². The van der Waals surface area contributed by atoms with Crippen molar-refractivity contribution in [2.75, 3.05) is 0 Å². The van der Waals surface area contributed by atoms with Crippen molar-refractivity contribution in [1.82, 2.24) is 10.7 Å². The molecule has 0 saturated heterocycles. The second-order valence-electron chi connectivity index (χ2n) is 5.81. The summed E-state index contributed by atoms with van der Waals surface area (Å²) in [6.45, 7) is 3.94. The Morgan fingerprint density at radius 2 is 1.88 bits per heavy atom. The highest BCUT2D eigenvalue weighted by molar-refractivity contribution is 6.35. The van der Waals surface area contributed by atoms with Crippen molar-refractivity contribution in [3.05, 3.63) is 64.7 Å². The Morgan fingerprint density at radius 1 is 1.15 bits per heavy atom. The first kappa shape index (κ1) is 19.5. The molecule has 0 fully saturated rings. The maximum absolute atomic E-state index is 11.5. The van der Waals surface area contributed by atoms with Gasteiger partial charge < -0.3 is 10.1 Å². The van der Waals surface area contributed by atoms with Crippen LogP contribution in [0.1, 0.15) is 25.0 Å². The summed E-state index contributed by atoms with van der Waals surface area (Å²) in [6.07, 6.45) is 1.44. The highest BCUT2D eigenvalue weighted by atomic mass is 35.5. The van der Waals surface area contributed by atoms with Gasteiger partial charge in [-0.05, 0) is 49.2 Å². The third-order valence-corrected chi connectivity index (χ3v) is 3.43. The van der Waals surface area contributed by atoms with E-state index in [2.05, 4.69) is 15.8 Å². The third kappa shape index (κ3) is 6.57. The van der Waals surface area contributed by atoms with Gasteiger partial charge in [-0.25, -0.2) is 5.43 Å². The molecule has 6 nitrogen and oxygen atoms in total. The van der Waals surface area contributed by atoms with Crippen LogP contribution in [0.2, 0.25) is 5.02 Å². The quantitative estimate of drug-likeness (QED) is 0.464. The largest absolute Gasteiger partial charge is 0.489 e. The lowest BCUT2D eigenvalue weighted by Gasteiger charge is -2.07. The Labute approximate surface area is 157 Å². The Balaban J connectivity index is 1.88. The maximum atomic E-state index is 11.5. The molecule has 0 aliphatic heterocycles. The van der Waals surface area contributed by atoms with Gasteiger partial charge in [0.2, 0.25) is 0 Å². The molecule has 0 unspecified atom stereocenters. The Hall–Kier alpha value is -2.86. The first-order chi connectivity index (χ1) is 12.4. The molecule has 0 saturated carbocycles. The Kier molecular flexibility index (Phi) is 7.17. The van der Waals surface area contributed by atoms with Crippen LogP contribution in [0, 0.1) is 0 Å². The third-order valence-electron chi connectivity index (χ3n) is 3.18. The number of hydrogen-bond acceptors (Lipinski definition) is 4. The van der Waals surface area contributed by atoms with Crippen LogP contribution in [0.3, 0.4) is 0 Å². The van der Waals surface area contributed by atoms with Crippen molar-refractivity contribution in [1.29, 1.82) is 0 Å². The van der Waals surface area contributed by atoms with E-state index in [1.54, 1.807) is 38.1 Å². The molecule has 0 bridgehead atoms. The van der Waals surface area contributed by atoms with Crippen molar-refractivity contribution in [3.8, 4) is 5.75 Å². The number of rotatable bonds is 6. The van der Waals surface area contributed by atoms with Gasteiger partial charge in [0.05, 0.1) is 6.21 Å². The lowest BCUT2D eigenvalue weighted by molar-refractivity contribution is -0.139. The van der Waals surface area contributed by atoms with Crippen LogP contribution >= 0.6 is 11.6 Å². The molecule has 0 spiro atoms. The number of amides is 2. The highest BCUT2D eigenvalue weighted by Gasteiger charge is 2.12.